The zero-order chi connectivity index (χ0) is 28.5. The highest BCUT2D eigenvalue weighted by molar-refractivity contribution is 8.76. The summed E-state index contributed by atoms with van der Waals surface area (Å²) < 4.78 is 0. The zero-order valence-electron chi connectivity index (χ0n) is 21.7. The van der Waals surface area contributed by atoms with E-state index in [2.05, 4.69) is 21.3 Å². The number of rotatable bonds is 9. The fourth-order valence-electron chi connectivity index (χ4n) is 3.70. The van der Waals surface area contributed by atoms with Gasteiger partial charge in [0.2, 0.25) is 11.8 Å². The van der Waals surface area contributed by atoms with Crippen LogP contribution in [0.1, 0.15) is 34.6 Å². The topological polar surface area (TPSA) is 116 Å². The molecule has 10 heteroatoms. The van der Waals surface area contributed by atoms with Gasteiger partial charge in [0.1, 0.15) is 0 Å². The molecular formula is C30H26N4O4S2. The summed E-state index contributed by atoms with van der Waals surface area (Å²) in [5, 5.41) is 11.2. The Kier molecular flexibility index (Phi) is 9.61. The molecule has 0 radical (unpaired) electrons. The molecule has 4 N–H and O–H groups in total. The molecular weight excluding hydrogens is 544 g/mol. The van der Waals surface area contributed by atoms with E-state index in [1.54, 1.807) is 72.8 Å². The number of hydrogen-bond acceptors (Lipinski definition) is 6. The molecule has 0 bridgehead atoms. The molecule has 0 saturated heterocycles. The first kappa shape index (κ1) is 28.5. The molecule has 0 saturated carbocycles. The summed E-state index contributed by atoms with van der Waals surface area (Å²) in [6.07, 6.45) is 0. The van der Waals surface area contributed by atoms with Crippen LogP contribution < -0.4 is 21.3 Å². The lowest BCUT2D eigenvalue weighted by Gasteiger charge is -2.14. The molecule has 4 rings (SSSR count). The molecule has 0 heterocycles. The van der Waals surface area contributed by atoms with Crippen molar-refractivity contribution in [3.63, 3.8) is 0 Å². The van der Waals surface area contributed by atoms with Crippen molar-refractivity contribution in [3.8, 4) is 0 Å². The highest BCUT2D eigenvalue weighted by Crippen LogP contribution is 2.41. The van der Waals surface area contributed by atoms with E-state index < -0.39 is 0 Å². The Hall–Kier alpha value is -4.54. The van der Waals surface area contributed by atoms with E-state index in [1.807, 2.05) is 24.3 Å². The van der Waals surface area contributed by atoms with Crippen molar-refractivity contribution in [3.05, 3.63) is 108 Å². The molecule has 0 unspecified atom stereocenters. The molecule has 0 spiro atoms. The van der Waals surface area contributed by atoms with E-state index in [0.717, 1.165) is 0 Å². The minimum absolute atomic E-state index is 0.240. The summed E-state index contributed by atoms with van der Waals surface area (Å²) in [6, 6.07) is 28.3. The number of para-hydroxylation sites is 4. The molecule has 0 aliphatic carbocycles. The fourth-order valence-corrected chi connectivity index (χ4v) is 6.06. The maximum absolute atomic E-state index is 13.2. The first-order valence-electron chi connectivity index (χ1n) is 12.2. The SMILES string of the molecule is CC(=O)Nc1ccccc1NC(=O)c1ccccc1SSc1ccccc1C(=O)Nc1ccccc1NC(C)=O. The second kappa shape index (κ2) is 13.5. The lowest BCUT2D eigenvalue weighted by atomic mass is 10.2. The predicted octanol–water partition coefficient (Wildman–Crippen LogP) is 6.91. The van der Waals surface area contributed by atoms with Crippen LogP contribution in [0.2, 0.25) is 0 Å². The second-order valence-electron chi connectivity index (χ2n) is 8.52. The molecule has 202 valence electrons. The summed E-state index contributed by atoms with van der Waals surface area (Å²) >= 11 is 0. The minimum atomic E-state index is -0.331. The van der Waals surface area contributed by atoms with E-state index in [4.69, 9.17) is 0 Å². The van der Waals surface area contributed by atoms with Crippen molar-refractivity contribution >= 4 is 68.0 Å². The van der Waals surface area contributed by atoms with Gasteiger partial charge in [0.15, 0.2) is 0 Å². The number of benzene rings is 4. The van der Waals surface area contributed by atoms with E-state index >= 15 is 0 Å². The largest absolute Gasteiger partial charge is 0.325 e. The van der Waals surface area contributed by atoms with Crippen LogP contribution in [0.3, 0.4) is 0 Å². The Morgan fingerprint density at radius 1 is 0.450 bits per heavy atom. The van der Waals surface area contributed by atoms with Crippen molar-refractivity contribution in [2.75, 3.05) is 21.3 Å². The maximum atomic E-state index is 13.2. The third kappa shape index (κ3) is 7.52. The van der Waals surface area contributed by atoms with Gasteiger partial charge in [-0.25, -0.2) is 0 Å². The Morgan fingerprint density at radius 3 is 1.10 bits per heavy atom. The van der Waals surface area contributed by atoms with Crippen molar-refractivity contribution in [2.24, 2.45) is 0 Å². The summed E-state index contributed by atoms with van der Waals surface area (Å²) in [7, 11) is 2.70. The summed E-state index contributed by atoms with van der Waals surface area (Å²) in [6.45, 7) is 2.81. The Labute approximate surface area is 239 Å². The predicted molar refractivity (Wildman–Crippen MR) is 162 cm³/mol. The van der Waals surface area contributed by atoms with Crippen LogP contribution >= 0.6 is 21.6 Å². The number of nitrogens with one attached hydrogen (secondary N) is 4. The quantitative estimate of drug-likeness (QED) is 0.163. The van der Waals surface area contributed by atoms with Gasteiger partial charge in [-0.2, -0.15) is 0 Å². The lowest BCUT2D eigenvalue weighted by Crippen LogP contribution is -2.16. The van der Waals surface area contributed by atoms with Gasteiger partial charge in [0.25, 0.3) is 11.8 Å². The van der Waals surface area contributed by atoms with Crippen molar-refractivity contribution in [2.45, 2.75) is 23.6 Å². The van der Waals surface area contributed by atoms with E-state index in [-0.39, 0.29) is 23.6 Å². The molecule has 8 nitrogen and oxygen atoms in total. The first-order chi connectivity index (χ1) is 19.3. The Balaban J connectivity index is 1.51. The van der Waals surface area contributed by atoms with Gasteiger partial charge in [0.05, 0.1) is 33.9 Å². The molecule has 0 aliphatic rings. The molecule has 4 aromatic rings. The van der Waals surface area contributed by atoms with Crippen LogP contribution in [-0.4, -0.2) is 23.6 Å². The number of hydrogen-bond donors (Lipinski definition) is 4. The highest BCUT2D eigenvalue weighted by Gasteiger charge is 2.17. The molecule has 0 aliphatic heterocycles. The first-order valence-corrected chi connectivity index (χ1v) is 14.4. The average Bonchev–Trinajstić information content (AvgIpc) is 2.94. The minimum Gasteiger partial charge on any atom is -0.325 e. The third-order valence-corrected chi connectivity index (χ3v) is 7.94. The van der Waals surface area contributed by atoms with E-state index in [0.29, 0.717) is 43.7 Å². The van der Waals surface area contributed by atoms with Crippen molar-refractivity contribution < 1.29 is 19.2 Å². The standard InChI is InChI=1S/C30H26N4O4S2/c1-19(35)31-23-13-5-7-15-25(23)33-29(37)21-11-3-9-17-27(21)39-40-28-18-10-4-12-22(28)30(38)34-26-16-8-6-14-24(26)32-20(2)36/h3-18H,1-2H3,(H,31,35)(H,32,36)(H,33,37)(H,34,38). The highest BCUT2D eigenvalue weighted by atomic mass is 33.1. The summed E-state index contributed by atoms with van der Waals surface area (Å²) in [5.74, 6) is -1.14. The van der Waals surface area contributed by atoms with Gasteiger partial charge in [-0.15, -0.1) is 0 Å². The monoisotopic (exact) mass is 570 g/mol. The smallest absolute Gasteiger partial charge is 0.256 e. The van der Waals surface area contributed by atoms with Crippen LogP contribution in [0.15, 0.2) is 107 Å². The fraction of sp³-hybridized carbons (Fsp3) is 0.0667. The van der Waals surface area contributed by atoms with Gasteiger partial charge < -0.3 is 21.3 Å². The lowest BCUT2D eigenvalue weighted by molar-refractivity contribution is -0.115. The van der Waals surface area contributed by atoms with Crippen molar-refractivity contribution in [1.29, 1.82) is 0 Å². The van der Waals surface area contributed by atoms with Crippen molar-refractivity contribution in [1.82, 2.24) is 0 Å². The van der Waals surface area contributed by atoms with E-state index in [9.17, 15) is 19.2 Å². The van der Waals surface area contributed by atoms with E-state index in [1.165, 1.54) is 35.4 Å². The Bertz CT molecular complexity index is 1460. The van der Waals surface area contributed by atoms with Crippen LogP contribution in [0.4, 0.5) is 22.7 Å². The number of carbonyl (C=O) groups excluding carboxylic acids is 4. The van der Waals surface area contributed by atoms with Gasteiger partial charge >= 0.3 is 0 Å². The third-order valence-electron chi connectivity index (χ3n) is 5.46. The Morgan fingerprint density at radius 2 is 0.750 bits per heavy atom. The van der Waals surface area contributed by atoms with Crippen LogP contribution in [0, 0.1) is 0 Å². The molecule has 4 amide bonds. The number of carbonyl (C=O) groups is 4. The normalized spacial score (nSPS) is 10.3. The molecule has 40 heavy (non-hydrogen) atoms. The maximum Gasteiger partial charge on any atom is 0.256 e. The van der Waals surface area contributed by atoms with Gasteiger partial charge in [-0.1, -0.05) is 70.1 Å². The van der Waals surface area contributed by atoms with Gasteiger partial charge in [-0.05, 0) is 48.5 Å². The average molecular weight is 571 g/mol. The van der Waals surface area contributed by atoms with Gasteiger partial charge in [-0.3, -0.25) is 19.2 Å². The van der Waals surface area contributed by atoms with Crippen LogP contribution in [0.5, 0.6) is 0 Å². The molecule has 0 aromatic heterocycles. The second-order valence-corrected chi connectivity index (χ2v) is 10.7. The molecule has 0 fully saturated rings. The van der Waals surface area contributed by atoms with Crippen LogP contribution in [-0.2, 0) is 9.59 Å². The molecule has 0 atom stereocenters. The zero-order valence-corrected chi connectivity index (χ0v) is 23.3. The van der Waals surface area contributed by atoms with Gasteiger partial charge in [0, 0.05) is 23.6 Å². The van der Waals surface area contributed by atoms with Crippen LogP contribution in [0.25, 0.3) is 0 Å². The number of anilines is 4. The number of amides is 4. The summed E-state index contributed by atoms with van der Waals surface area (Å²) in [5.41, 5.74) is 2.87. The molecule has 4 aromatic carbocycles. The summed E-state index contributed by atoms with van der Waals surface area (Å²) in [4.78, 5) is 51.0.